The van der Waals surface area contributed by atoms with E-state index in [-0.39, 0.29) is 5.91 Å². The number of benzene rings is 1. The van der Waals surface area contributed by atoms with Gasteiger partial charge in [0.1, 0.15) is 5.82 Å². The van der Waals surface area contributed by atoms with Crippen LogP contribution in [-0.4, -0.2) is 25.5 Å². The van der Waals surface area contributed by atoms with Gasteiger partial charge in [-0.05, 0) is 37.5 Å². The molecule has 136 valence electrons. The maximum Gasteiger partial charge on any atom is 0.225 e. The minimum atomic E-state index is -0.0476. The van der Waals surface area contributed by atoms with Crippen LogP contribution in [0.5, 0.6) is 0 Å². The lowest BCUT2D eigenvalue weighted by molar-refractivity contribution is -0.116. The molecule has 0 radical (unpaired) electrons. The van der Waals surface area contributed by atoms with Crippen molar-refractivity contribution in [3.8, 4) is 0 Å². The molecule has 1 amide bonds. The second-order valence-corrected chi connectivity index (χ2v) is 6.69. The molecule has 0 fully saturated rings. The number of rotatable bonds is 6. The van der Waals surface area contributed by atoms with Crippen LogP contribution in [0.3, 0.4) is 0 Å². The Labute approximate surface area is 157 Å². The number of amides is 1. The average Bonchev–Trinajstić information content (AvgIpc) is 3.13. The third kappa shape index (κ3) is 3.96. The van der Waals surface area contributed by atoms with Crippen LogP contribution in [0, 0.1) is 13.8 Å². The number of carbonyl (C=O) groups is 1. The van der Waals surface area contributed by atoms with E-state index in [1.807, 2.05) is 49.8 Å². The number of aromatic nitrogens is 4. The van der Waals surface area contributed by atoms with E-state index in [2.05, 4.69) is 15.5 Å². The van der Waals surface area contributed by atoms with Crippen molar-refractivity contribution in [2.75, 3.05) is 5.32 Å². The van der Waals surface area contributed by atoms with Crippen molar-refractivity contribution in [1.29, 1.82) is 0 Å². The van der Waals surface area contributed by atoms with E-state index in [0.717, 1.165) is 22.5 Å². The molecule has 0 unspecified atom stereocenters. The number of hydrogen-bond acceptors (Lipinski definition) is 3. The summed E-state index contributed by atoms with van der Waals surface area (Å²) >= 11 is 6.21. The van der Waals surface area contributed by atoms with E-state index in [4.69, 9.17) is 11.6 Å². The zero-order valence-electron chi connectivity index (χ0n) is 15.2. The third-order valence-electron chi connectivity index (χ3n) is 4.52. The van der Waals surface area contributed by atoms with Crippen molar-refractivity contribution in [1.82, 2.24) is 19.6 Å². The topological polar surface area (TPSA) is 64.7 Å². The molecule has 0 spiro atoms. The van der Waals surface area contributed by atoms with Gasteiger partial charge in [0.2, 0.25) is 5.91 Å². The Hall–Kier alpha value is -2.60. The van der Waals surface area contributed by atoms with Crippen LogP contribution < -0.4 is 5.32 Å². The average molecular weight is 372 g/mol. The van der Waals surface area contributed by atoms with Crippen LogP contribution in [-0.2, 0) is 24.8 Å². The van der Waals surface area contributed by atoms with Gasteiger partial charge in [0.15, 0.2) is 0 Å². The summed E-state index contributed by atoms with van der Waals surface area (Å²) in [5.41, 5.74) is 4.16. The van der Waals surface area contributed by atoms with Gasteiger partial charge in [-0.2, -0.15) is 10.2 Å². The lowest BCUT2D eigenvalue weighted by atomic mass is 10.1. The molecule has 3 aromatic rings. The molecular formula is C19H22ClN5O. The fraction of sp³-hybridized carbons (Fsp3) is 0.316. The zero-order chi connectivity index (χ0) is 18.7. The molecule has 0 bridgehead atoms. The standard InChI is InChI=1S/C19H22ClN5O/c1-13-16(14(2)24(3)23-13)8-9-19(26)22-18-10-11-21-25(18)12-15-6-4-5-7-17(15)20/h4-7,10-11H,8-9,12H2,1-3H3,(H,22,26). The molecule has 0 aliphatic heterocycles. The molecule has 0 saturated carbocycles. The van der Waals surface area contributed by atoms with Crippen molar-refractivity contribution >= 4 is 23.3 Å². The van der Waals surface area contributed by atoms with Gasteiger partial charge < -0.3 is 5.32 Å². The van der Waals surface area contributed by atoms with E-state index in [1.165, 1.54) is 0 Å². The number of nitrogens with one attached hydrogen (secondary N) is 1. The smallest absolute Gasteiger partial charge is 0.225 e. The monoisotopic (exact) mass is 371 g/mol. The largest absolute Gasteiger partial charge is 0.311 e. The summed E-state index contributed by atoms with van der Waals surface area (Å²) in [6.45, 7) is 4.49. The molecule has 7 heteroatoms. The first-order chi connectivity index (χ1) is 12.5. The van der Waals surface area contributed by atoms with Gasteiger partial charge in [0, 0.05) is 30.3 Å². The van der Waals surface area contributed by atoms with E-state index in [9.17, 15) is 4.79 Å². The molecule has 6 nitrogen and oxygen atoms in total. The van der Waals surface area contributed by atoms with Crippen LogP contribution in [0.2, 0.25) is 5.02 Å². The highest BCUT2D eigenvalue weighted by atomic mass is 35.5. The number of carbonyl (C=O) groups excluding carboxylic acids is 1. The van der Waals surface area contributed by atoms with Crippen molar-refractivity contribution < 1.29 is 4.79 Å². The first-order valence-electron chi connectivity index (χ1n) is 8.50. The quantitative estimate of drug-likeness (QED) is 0.721. The number of hydrogen-bond donors (Lipinski definition) is 1. The van der Waals surface area contributed by atoms with Gasteiger partial charge in [0.25, 0.3) is 0 Å². The van der Waals surface area contributed by atoms with E-state index < -0.39 is 0 Å². The minimum absolute atomic E-state index is 0.0476. The molecule has 0 aliphatic carbocycles. The minimum Gasteiger partial charge on any atom is -0.311 e. The molecule has 2 heterocycles. The molecule has 3 rings (SSSR count). The maximum absolute atomic E-state index is 12.4. The fourth-order valence-corrected chi connectivity index (χ4v) is 3.17. The summed E-state index contributed by atoms with van der Waals surface area (Å²) < 4.78 is 3.58. The first-order valence-corrected chi connectivity index (χ1v) is 8.87. The Bertz CT molecular complexity index is 928. The third-order valence-corrected chi connectivity index (χ3v) is 4.89. The highest BCUT2D eigenvalue weighted by molar-refractivity contribution is 6.31. The second-order valence-electron chi connectivity index (χ2n) is 6.29. The Morgan fingerprint density at radius 1 is 1.23 bits per heavy atom. The Balaban J connectivity index is 1.64. The molecule has 1 aromatic carbocycles. The summed E-state index contributed by atoms with van der Waals surface area (Å²) in [5.74, 6) is 0.614. The normalized spacial score (nSPS) is 10.9. The highest BCUT2D eigenvalue weighted by Gasteiger charge is 2.13. The van der Waals surface area contributed by atoms with Gasteiger partial charge in [-0.3, -0.25) is 9.48 Å². The summed E-state index contributed by atoms with van der Waals surface area (Å²) in [7, 11) is 1.92. The molecule has 26 heavy (non-hydrogen) atoms. The van der Waals surface area contributed by atoms with Crippen LogP contribution >= 0.6 is 11.6 Å². The van der Waals surface area contributed by atoms with E-state index >= 15 is 0 Å². The highest BCUT2D eigenvalue weighted by Crippen LogP contribution is 2.19. The zero-order valence-corrected chi connectivity index (χ0v) is 15.9. The molecule has 1 N–H and O–H groups in total. The number of aryl methyl sites for hydroxylation is 2. The SMILES string of the molecule is Cc1nn(C)c(C)c1CCC(=O)Nc1ccnn1Cc1ccccc1Cl. The molecular weight excluding hydrogens is 350 g/mol. The Kier molecular flexibility index (Phi) is 5.42. The predicted molar refractivity (Wildman–Crippen MR) is 102 cm³/mol. The molecule has 0 saturated heterocycles. The molecule has 0 aliphatic rings. The summed E-state index contributed by atoms with van der Waals surface area (Å²) in [4.78, 5) is 12.4. The van der Waals surface area contributed by atoms with Crippen LogP contribution in [0.15, 0.2) is 36.5 Å². The number of anilines is 1. The van der Waals surface area contributed by atoms with Crippen molar-refractivity contribution in [2.45, 2.75) is 33.2 Å². The fourth-order valence-electron chi connectivity index (χ4n) is 2.98. The van der Waals surface area contributed by atoms with Crippen LogP contribution in [0.25, 0.3) is 0 Å². The van der Waals surface area contributed by atoms with E-state index in [0.29, 0.717) is 30.2 Å². The lowest BCUT2D eigenvalue weighted by Gasteiger charge is -2.10. The van der Waals surface area contributed by atoms with Crippen molar-refractivity contribution in [3.63, 3.8) is 0 Å². The summed E-state index contributed by atoms with van der Waals surface area (Å²) in [6, 6.07) is 9.40. The Morgan fingerprint density at radius 2 is 2.00 bits per heavy atom. The molecule has 0 atom stereocenters. The molecule has 2 aromatic heterocycles. The van der Waals surface area contributed by atoms with Crippen LogP contribution in [0.1, 0.15) is 28.9 Å². The summed E-state index contributed by atoms with van der Waals surface area (Å²) in [5, 5.41) is 12.3. The first kappa shape index (κ1) is 18.2. The maximum atomic E-state index is 12.4. The van der Waals surface area contributed by atoms with E-state index in [1.54, 1.807) is 16.9 Å². The van der Waals surface area contributed by atoms with Crippen molar-refractivity contribution in [3.05, 3.63) is 64.1 Å². The van der Waals surface area contributed by atoms with Crippen LogP contribution in [0.4, 0.5) is 5.82 Å². The van der Waals surface area contributed by atoms with Gasteiger partial charge in [-0.25, -0.2) is 4.68 Å². The Morgan fingerprint density at radius 3 is 2.69 bits per heavy atom. The van der Waals surface area contributed by atoms with Gasteiger partial charge >= 0.3 is 0 Å². The van der Waals surface area contributed by atoms with Crippen molar-refractivity contribution in [2.24, 2.45) is 7.05 Å². The van der Waals surface area contributed by atoms with Gasteiger partial charge in [-0.15, -0.1) is 0 Å². The predicted octanol–water partition coefficient (Wildman–Crippen LogP) is 3.51. The summed E-state index contributed by atoms with van der Waals surface area (Å²) in [6.07, 6.45) is 2.72. The number of nitrogens with zero attached hydrogens (tertiary/aromatic N) is 4. The van der Waals surface area contributed by atoms with Gasteiger partial charge in [-0.1, -0.05) is 29.8 Å². The number of halogens is 1. The second kappa shape index (κ2) is 7.74. The lowest BCUT2D eigenvalue weighted by Crippen LogP contribution is -2.16. The van der Waals surface area contributed by atoms with Gasteiger partial charge in [0.05, 0.1) is 18.4 Å².